The second-order valence-electron chi connectivity index (χ2n) is 3.40. The molecular formula is C10H14N6S2. The van der Waals surface area contributed by atoms with Crippen molar-refractivity contribution in [2.24, 2.45) is 0 Å². The second kappa shape index (κ2) is 6.60. The second-order valence-corrected chi connectivity index (χ2v) is 5.18. The van der Waals surface area contributed by atoms with Gasteiger partial charge in [-0.15, -0.1) is 0 Å². The van der Waals surface area contributed by atoms with Crippen LogP contribution in [0.5, 0.6) is 0 Å². The number of hydrogen-bond donors (Lipinski definition) is 2. The highest BCUT2D eigenvalue weighted by molar-refractivity contribution is 7.99. The molecule has 6 nitrogen and oxygen atoms in total. The smallest absolute Gasteiger partial charge is 0.190 e. The van der Waals surface area contributed by atoms with Crippen molar-refractivity contribution in [3.8, 4) is 0 Å². The SMILES string of the molecule is CCCNc1cc(Sc2ncn[nH]2)nc(SC)n1. The average Bonchev–Trinajstić information content (AvgIpc) is 2.89. The molecule has 8 heteroatoms. The maximum atomic E-state index is 4.42. The summed E-state index contributed by atoms with van der Waals surface area (Å²) in [6, 6.07) is 1.92. The molecule has 0 aromatic carbocycles. The van der Waals surface area contributed by atoms with Crippen LogP contribution in [-0.4, -0.2) is 37.9 Å². The lowest BCUT2D eigenvalue weighted by atomic mass is 10.4. The van der Waals surface area contributed by atoms with Gasteiger partial charge in [-0.05, 0) is 24.4 Å². The molecule has 0 atom stereocenters. The third-order valence-electron chi connectivity index (χ3n) is 2.01. The Bertz CT molecular complexity index is 487. The highest BCUT2D eigenvalue weighted by Crippen LogP contribution is 2.25. The van der Waals surface area contributed by atoms with Gasteiger partial charge < -0.3 is 5.32 Å². The van der Waals surface area contributed by atoms with Crippen LogP contribution in [0.4, 0.5) is 5.82 Å². The van der Waals surface area contributed by atoms with Crippen LogP contribution in [-0.2, 0) is 0 Å². The van der Waals surface area contributed by atoms with E-state index in [1.807, 2.05) is 12.3 Å². The van der Waals surface area contributed by atoms with Crippen molar-refractivity contribution in [3.63, 3.8) is 0 Å². The van der Waals surface area contributed by atoms with Gasteiger partial charge in [0.05, 0.1) is 0 Å². The maximum Gasteiger partial charge on any atom is 0.190 e. The number of aromatic nitrogens is 5. The van der Waals surface area contributed by atoms with Gasteiger partial charge in [-0.2, -0.15) is 5.10 Å². The quantitative estimate of drug-likeness (QED) is 0.478. The molecule has 0 spiro atoms. The predicted octanol–water partition coefficient (Wildman–Crippen LogP) is 2.29. The zero-order valence-corrected chi connectivity index (χ0v) is 11.8. The predicted molar refractivity (Wildman–Crippen MR) is 73.1 cm³/mol. The molecule has 0 fully saturated rings. The van der Waals surface area contributed by atoms with Crippen LogP contribution in [0, 0.1) is 0 Å². The molecule has 0 aliphatic heterocycles. The van der Waals surface area contributed by atoms with Gasteiger partial charge in [-0.1, -0.05) is 18.7 Å². The van der Waals surface area contributed by atoms with Crippen molar-refractivity contribution >= 4 is 29.3 Å². The van der Waals surface area contributed by atoms with Crippen LogP contribution < -0.4 is 5.32 Å². The van der Waals surface area contributed by atoms with Gasteiger partial charge in [0, 0.05) is 12.6 Å². The minimum Gasteiger partial charge on any atom is -0.370 e. The van der Waals surface area contributed by atoms with E-state index in [4.69, 9.17) is 0 Å². The topological polar surface area (TPSA) is 79.4 Å². The summed E-state index contributed by atoms with van der Waals surface area (Å²) in [5.74, 6) is 0.846. The lowest BCUT2D eigenvalue weighted by molar-refractivity contribution is 0.873. The lowest BCUT2D eigenvalue weighted by Gasteiger charge is -2.07. The zero-order chi connectivity index (χ0) is 12.8. The molecule has 96 valence electrons. The van der Waals surface area contributed by atoms with Crippen LogP contribution in [0.1, 0.15) is 13.3 Å². The summed E-state index contributed by atoms with van der Waals surface area (Å²) in [7, 11) is 0. The van der Waals surface area contributed by atoms with Gasteiger partial charge >= 0.3 is 0 Å². The van der Waals surface area contributed by atoms with Crippen molar-refractivity contribution < 1.29 is 0 Å². The van der Waals surface area contributed by atoms with E-state index in [1.165, 1.54) is 29.9 Å². The van der Waals surface area contributed by atoms with Crippen molar-refractivity contribution in [2.75, 3.05) is 18.1 Å². The number of aromatic amines is 1. The van der Waals surface area contributed by atoms with Crippen molar-refractivity contribution in [2.45, 2.75) is 28.7 Å². The Morgan fingerprint density at radius 2 is 2.28 bits per heavy atom. The fraction of sp³-hybridized carbons (Fsp3) is 0.400. The standard InChI is InChI=1S/C10H14N6S2/c1-3-4-11-7-5-8(15-10(14-7)17-2)18-9-12-6-13-16-9/h5-6H,3-4H2,1-2H3,(H,11,14,15)(H,12,13,16). The minimum atomic E-state index is 0.724. The highest BCUT2D eigenvalue weighted by Gasteiger charge is 2.07. The molecule has 0 aliphatic carbocycles. The van der Waals surface area contributed by atoms with E-state index in [1.54, 1.807) is 0 Å². The van der Waals surface area contributed by atoms with E-state index < -0.39 is 0 Å². The Balaban J connectivity index is 2.17. The first-order valence-corrected chi connectivity index (χ1v) is 7.56. The van der Waals surface area contributed by atoms with Gasteiger partial charge in [0.25, 0.3) is 0 Å². The van der Waals surface area contributed by atoms with Crippen molar-refractivity contribution in [3.05, 3.63) is 12.4 Å². The number of thioether (sulfide) groups is 1. The van der Waals surface area contributed by atoms with Gasteiger partial charge in [0.15, 0.2) is 10.3 Å². The van der Waals surface area contributed by atoms with Gasteiger partial charge in [-0.3, -0.25) is 5.10 Å². The summed E-state index contributed by atoms with van der Waals surface area (Å²) in [5, 5.41) is 12.2. The molecule has 0 aliphatic rings. The summed E-state index contributed by atoms with van der Waals surface area (Å²) >= 11 is 2.96. The van der Waals surface area contributed by atoms with Crippen LogP contribution >= 0.6 is 23.5 Å². The molecule has 2 heterocycles. The average molecular weight is 282 g/mol. The minimum absolute atomic E-state index is 0.724. The van der Waals surface area contributed by atoms with E-state index in [0.29, 0.717) is 0 Å². The monoisotopic (exact) mass is 282 g/mol. The first-order chi connectivity index (χ1) is 8.81. The molecule has 18 heavy (non-hydrogen) atoms. The Hall–Kier alpha value is -1.28. The Morgan fingerprint density at radius 1 is 1.39 bits per heavy atom. The van der Waals surface area contributed by atoms with Crippen molar-refractivity contribution in [1.82, 2.24) is 25.1 Å². The fourth-order valence-corrected chi connectivity index (χ4v) is 2.37. The number of nitrogens with zero attached hydrogens (tertiary/aromatic N) is 4. The number of anilines is 1. The number of H-pyrrole nitrogens is 1. The molecule has 2 N–H and O–H groups in total. The summed E-state index contributed by atoms with van der Waals surface area (Å²) < 4.78 is 0. The Labute approximate surface area is 114 Å². The molecule has 0 saturated carbocycles. The van der Waals surface area contributed by atoms with Gasteiger partial charge in [0.2, 0.25) is 0 Å². The number of hydrogen-bond acceptors (Lipinski definition) is 7. The third-order valence-corrected chi connectivity index (χ3v) is 3.37. The summed E-state index contributed by atoms with van der Waals surface area (Å²) in [6.07, 6.45) is 4.50. The van der Waals surface area contributed by atoms with E-state index in [9.17, 15) is 0 Å². The van der Waals surface area contributed by atoms with E-state index >= 15 is 0 Å². The first kappa shape index (κ1) is 13.2. The summed E-state index contributed by atoms with van der Waals surface area (Å²) in [4.78, 5) is 12.9. The zero-order valence-electron chi connectivity index (χ0n) is 10.2. The highest BCUT2D eigenvalue weighted by atomic mass is 32.2. The van der Waals surface area contributed by atoms with Crippen LogP contribution in [0.15, 0.2) is 27.7 Å². The summed E-state index contributed by atoms with van der Waals surface area (Å²) in [5.41, 5.74) is 0. The third kappa shape index (κ3) is 3.61. The molecule has 2 rings (SSSR count). The summed E-state index contributed by atoms with van der Waals surface area (Å²) in [6.45, 7) is 3.02. The Kier molecular flexibility index (Phi) is 4.82. The van der Waals surface area contributed by atoms with Gasteiger partial charge in [-0.25, -0.2) is 15.0 Å². The van der Waals surface area contributed by atoms with Crippen LogP contribution in [0.3, 0.4) is 0 Å². The first-order valence-electron chi connectivity index (χ1n) is 5.52. The largest absolute Gasteiger partial charge is 0.370 e. The molecule has 0 saturated heterocycles. The fourth-order valence-electron chi connectivity index (χ4n) is 1.23. The maximum absolute atomic E-state index is 4.42. The molecule has 2 aromatic heterocycles. The van der Waals surface area contributed by atoms with E-state index in [2.05, 4.69) is 37.4 Å². The van der Waals surface area contributed by atoms with E-state index in [0.717, 1.165) is 34.1 Å². The molecular weight excluding hydrogens is 268 g/mol. The number of nitrogens with one attached hydrogen (secondary N) is 2. The van der Waals surface area contributed by atoms with Crippen molar-refractivity contribution in [1.29, 1.82) is 0 Å². The van der Waals surface area contributed by atoms with E-state index in [-0.39, 0.29) is 0 Å². The molecule has 0 radical (unpaired) electrons. The molecule has 0 bridgehead atoms. The van der Waals surface area contributed by atoms with Gasteiger partial charge in [0.1, 0.15) is 17.2 Å². The Morgan fingerprint density at radius 3 is 2.94 bits per heavy atom. The molecule has 2 aromatic rings. The normalized spacial score (nSPS) is 10.6. The molecule has 0 unspecified atom stereocenters. The molecule has 0 amide bonds. The van der Waals surface area contributed by atoms with Crippen LogP contribution in [0.25, 0.3) is 0 Å². The van der Waals surface area contributed by atoms with Crippen LogP contribution in [0.2, 0.25) is 0 Å². The number of rotatable bonds is 6. The lowest BCUT2D eigenvalue weighted by Crippen LogP contribution is -2.03.